The van der Waals surface area contributed by atoms with E-state index in [2.05, 4.69) is 9.72 Å². The molecule has 3 rings (SSSR count). The van der Waals surface area contributed by atoms with Gasteiger partial charge in [0.15, 0.2) is 0 Å². The van der Waals surface area contributed by atoms with Crippen LogP contribution >= 0.6 is 0 Å². The lowest BCUT2D eigenvalue weighted by molar-refractivity contribution is -0.274. The van der Waals surface area contributed by atoms with Crippen LogP contribution < -0.4 is 14.4 Å². The number of halogens is 4. The molecule has 1 N–H and O–H groups in total. The molecule has 1 saturated heterocycles. The summed E-state index contributed by atoms with van der Waals surface area (Å²) in [4.78, 5) is 16.8. The standard InChI is InChI=1S/C20H20F4N2O5/c21-18-8-15(31-20(22,23)24)2-1-13(18)12-30-17-7-14(9-25-10-17)26-5-6-29-16(11-26)3-4-19(27)28/h1-2,7-10,16H,3-6,11-12H2,(H,27,28)/t16-/m0/s1. The predicted octanol–water partition coefficient (Wildman–Crippen LogP) is 3.77. The number of morpholine rings is 1. The molecule has 1 aromatic heterocycles. The van der Waals surface area contributed by atoms with Gasteiger partial charge in [0, 0.05) is 37.2 Å². The lowest BCUT2D eigenvalue weighted by atomic mass is 10.1. The third kappa shape index (κ3) is 6.99. The van der Waals surface area contributed by atoms with Crippen LogP contribution in [-0.2, 0) is 16.1 Å². The summed E-state index contributed by atoms with van der Waals surface area (Å²) in [6, 6.07) is 4.51. The smallest absolute Gasteiger partial charge is 0.487 e. The number of nitrogens with zero attached hydrogens (tertiary/aromatic N) is 2. The Labute approximate surface area is 175 Å². The van der Waals surface area contributed by atoms with E-state index in [4.69, 9.17) is 14.6 Å². The number of aromatic nitrogens is 1. The molecule has 1 atom stereocenters. The first kappa shape index (κ1) is 22.6. The molecular formula is C20H20F4N2O5. The zero-order valence-corrected chi connectivity index (χ0v) is 16.3. The number of carbonyl (C=O) groups is 1. The fraction of sp³-hybridized carbons (Fsp3) is 0.400. The van der Waals surface area contributed by atoms with Gasteiger partial charge in [0.1, 0.15) is 23.9 Å². The van der Waals surface area contributed by atoms with Crippen molar-refractivity contribution in [1.82, 2.24) is 4.98 Å². The molecule has 1 aromatic carbocycles. The number of benzene rings is 1. The quantitative estimate of drug-likeness (QED) is 0.621. The number of aliphatic carboxylic acids is 1. The number of alkyl halides is 3. The molecule has 0 spiro atoms. The van der Waals surface area contributed by atoms with Crippen molar-refractivity contribution < 1.29 is 41.7 Å². The van der Waals surface area contributed by atoms with Crippen LogP contribution in [-0.4, -0.2) is 48.2 Å². The van der Waals surface area contributed by atoms with E-state index in [0.717, 1.165) is 17.8 Å². The second-order valence-corrected chi connectivity index (χ2v) is 6.84. The van der Waals surface area contributed by atoms with Crippen molar-refractivity contribution in [3.05, 3.63) is 48.0 Å². The minimum atomic E-state index is -4.90. The molecule has 168 valence electrons. The van der Waals surface area contributed by atoms with Crippen molar-refractivity contribution in [1.29, 1.82) is 0 Å². The molecule has 0 bridgehead atoms. The second kappa shape index (κ2) is 9.82. The van der Waals surface area contributed by atoms with Crippen LogP contribution in [0, 0.1) is 5.82 Å². The lowest BCUT2D eigenvalue weighted by Gasteiger charge is -2.34. The molecule has 2 heterocycles. The van der Waals surface area contributed by atoms with Crippen molar-refractivity contribution >= 4 is 11.7 Å². The minimum absolute atomic E-state index is 0.0122. The summed E-state index contributed by atoms with van der Waals surface area (Å²) >= 11 is 0. The number of ether oxygens (including phenoxy) is 3. The van der Waals surface area contributed by atoms with E-state index in [1.165, 1.54) is 6.20 Å². The number of carboxylic acids is 1. The molecule has 7 nitrogen and oxygen atoms in total. The highest BCUT2D eigenvalue weighted by atomic mass is 19.4. The van der Waals surface area contributed by atoms with E-state index < -0.39 is 23.9 Å². The van der Waals surface area contributed by atoms with Gasteiger partial charge in [-0.05, 0) is 18.6 Å². The topological polar surface area (TPSA) is 81.1 Å². The molecule has 2 aromatic rings. The monoisotopic (exact) mass is 444 g/mol. The van der Waals surface area contributed by atoms with Crippen molar-refractivity contribution in [3.8, 4) is 11.5 Å². The molecular weight excluding hydrogens is 424 g/mol. The average molecular weight is 444 g/mol. The SMILES string of the molecule is O=C(O)CC[C@H]1CN(c2cncc(OCc3ccc(OC(F)(F)F)cc3F)c2)CCO1. The largest absolute Gasteiger partial charge is 0.573 e. The van der Waals surface area contributed by atoms with Gasteiger partial charge in [0.2, 0.25) is 0 Å². The zero-order valence-electron chi connectivity index (χ0n) is 16.3. The number of rotatable bonds is 8. The molecule has 11 heteroatoms. The number of carboxylic acid groups (broad SMARTS) is 1. The van der Waals surface area contributed by atoms with Gasteiger partial charge in [-0.25, -0.2) is 4.39 Å². The maximum atomic E-state index is 14.1. The van der Waals surface area contributed by atoms with Crippen LogP contribution in [0.3, 0.4) is 0 Å². The molecule has 1 aliphatic heterocycles. The lowest BCUT2D eigenvalue weighted by Crippen LogP contribution is -2.42. The summed E-state index contributed by atoms with van der Waals surface area (Å²) in [7, 11) is 0. The summed E-state index contributed by atoms with van der Waals surface area (Å²) in [6.45, 7) is 1.30. The highest BCUT2D eigenvalue weighted by Gasteiger charge is 2.31. The molecule has 0 aliphatic carbocycles. The molecule has 0 saturated carbocycles. The minimum Gasteiger partial charge on any atom is -0.487 e. The third-order valence-electron chi connectivity index (χ3n) is 4.54. The molecule has 1 aliphatic rings. The Balaban J connectivity index is 1.60. The van der Waals surface area contributed by atoms with E-state index in [9.17, 15) is 22.4 Å². The first-order chi connectivity index (χ1) is 14.7. The van der Waals surface area contributed by atoms with Crippen molar-refractivity contribution in [2.75, 3.05) is 24.6 Å². The van der Waals surface area contributed by atoms with Gasteiger partial charge in [-0.15, -0.1) is 13.2 Å². The Kier molecular flexibility index (Phi) is 7.16. The van der Waals surface area contributed by atoms with Crippen LogP contribution in [0.5, 0.6) is 11.5 Å². The Morgan fingerprint density at radius 3 is 2.77 bits per heavy atom. The van der Waals surface area contributed by atoms with Crippen LogP contribution in [0.2, 0.25) is 0 Å². The Morgan fingerprint density at radius 2 is 2.06 bits per heavy atom. The summed E-state index contributed by atoms with van der Waals surface area (Å²) < 4.78 is 65.6. The molecule has 31 heavy (non-hydrogen) atoms. The number of pyridine rings is 1. The summed E-state index contributed by atoms with van der Waals surface area (Å²) in [6.07, 6.45) is -1.66. The molecule has 0 radical (unpaired) electrons. The first-order valence-electron chi connectivity index (χ1n) is 9.40. The number of hydrogen-bond acceptors (Lipinski definition) is 6. The van der Waals surface area contributed by atoms with Crippen molar-refractivity contribution in [2.24, 2.45) is 0 Å². The van der Waals surface area contributed by atoms with Crippen LogP contribution in [0.4, 0.5) is 23.2 Å². The summed E-state index contributed by atoms with van der Waals surface area (Å²) in [5.74, 6) is -2.08. The Morgan fingerprint density at radius 1 is 1.26 bits per heavy atom. The van der Waals surface area contributed by atoms with E-state index >= 15 is 0 Å². The van der Waals surface area contributed by atoms with Crippen LogP contribution in [0.25, 0.3) is 0 Å². The predicted molar refractivity (Wildman–Crippen MR) is 100 cm³/mol. The van der Waals surface area contributed by atoms with Crippen molar-refractivity contribution in [2.45, 2.75) is 31.9 Å². The maximum Gasteiger partial charge on any atom is 0.573 e. The number of anilines is 1. The third-order valence-corrected chi connectivity index (χ3v) is 4.54. The van der Waals surface area contributed by atoms with Gasteiger partial charge in [-0.2, -0.15) is 0 Å². The average Bonchev–Trinajstić information content (AvgIpc) is 2.71. The summed E-state index contributed by atoms with van der Waals surface area (Å²) in [5, 5.41) is 8.82. The zero-order chi connectivity index (χ0) is 22.4. The Hall–Kier alpha value is -3.08. The van der Waals surface area contributed by atoms with Gasteiger partial charge < -0.3 is 24.2 Å². The highest BCUT2D eigenvalue weighted by Crippen LogP contribution is 2.26. The molecule has 0 unspecified atom stereocenters. The van der Waals surface area contributed by atoms with E-state index in [-0.39, 0.29) is 24.7 Å². The van der Waals surface area contributed by atoms with Gasteiger partial charge in [-0.1, -0.05) is 0 Å². The second-order valence-electron chi connectivity index (χ2n) is 6.84. The maximum absolute atomic E-state index is 14.1. The fourth-order valence-corrected chi connectivity index (χ4v) is 3.08. The first-order valence-corrected chi connectivity index (χ1v) is 9.40. The molecule has 1 fully saturated rings. The van der Waals surface area contributed by atoms with Crippen molar-refractivity contribution in [3.63, 3.8) is 0 Å². The summed E-state index contributed by atoms with van der Waals surface area (Å²) in [5.41, 5.74) is 0.788. The van der Waals surface area contributed by atoms with Crippen LogP contribution in [0.15, 0.2) is 36.7 Å². The van der Waals surface area contributed by atoms with E-state index in [1.54, 1.807) is 12.3 Å². The van der Waals surface area contributed by atoms with Crippen LogP contribution in [0.1, 0.15) is 18.4 Å². The van der Waals surface area contributed by atoms with Gasteiger partial charge in [0.05, 0.1) is 30.8 Å². The van der Waals surface area contributed by atoms with Gasteiger partial charge in [0.25, 0.3) is 0 Å². The molecule has 0 amide bonds. The fourth-order valence-electron chi connectivity index (χ4n) is 3.08. The normalized spacial score (nSPS) is 16.8. The van der Waals surface area contributed by atoms with Gasteiger partial charge in [-0.3, -0.25) is 9.78 Å². The highest BCUT2D eigenvalue weighted by molar-refractivity contribution is 5.66. The Bertz CT molecular complexity index is 909. The van der Waals surface area contributed by atoms with E-state index in [0.29, 0.717) is 37.9 Å². The number of hydrogen-bond donors (Lipinski definition) is 1. The van der Waals surface area contributed by atoms with E-state index in [1.807, 2.05) is 4.90 Å². The van der Waals surface area contributed by atoms with Gasteiger partial charge >= 0.3 is 12.3 Å².